The molecule has 0 spiro atoms. The number of pyridine rings is 1. The van der Waals surface area contributed by atoms with Crippen molar-refractivity contribution in [2.75, 3.05) is 13.1 Å². The predicted molar refractivity (Wildman–Crippen MR) is 104 cm³/mol. The van der Waals surface area contributed by atoms with Crippen LogP contribution in [0.4, 0.5) is 0 Å². The molecule has 2 aromatic rings. The van der Waals surface area contributed by atoms with E-state index in [0.29, 0.717) is 25.6 Å². The summed E-state index contributed by atoms with van der Waals surface area (Å²) >= 11 is 0. The van der Waals surface area contributed by atoms with Gasteiger partial charge in [-0.3, -0.25) is 9.78 Å². The van der Waals surface area contributed by atoms with Gasteiger partial charge in [0.25, 0.3) is 5.91 Å². The first-order chi connectivity index (χ1) is 13.3. The van der Waals surface area contributed by atoms with Crippen LogP contribution < -0.4 is 5.32 Å². The van der Waals surface area contributed by atoms with Crippen molar-refractivity contribution in [2.24, 2.45) is 5.92 Å². The van der Waals surface area contributed by atoms with Gasteiger partial charge in [0.1, 0.15) is 11.6 Å². The third-order valence-electron chi connectivity index (χ3n) is 4.92. The fourth-order valence-corrected chi connectivity index (χ4v) is 3.37. The van der Waals surface area contributed by atoms with Crippen molar-refractivity contribution < 1.29 is 4.79 Å². The summed E-state index contributed by atoms with van der Waals surface area (Å²) in [4.78, 5) is 18.4. The number of hydrogen-bond acceptors (Lipinski definition) is 4. The van der Waals surface area contributed by atoms with E-state index in [0.717, 1.165) is 24.8 Å². The molecule has 1 fully saturated rings. The van der Waals surface area contributed by atoms with Gasteiger partial charge in [0, 0.05) is 38.2 Å². The Balaban J connectivity index is 1.49. The van der Waals surface area contributed by atoms with Gasteiger partial charge >= 0.3 is 0 Å². The SMILES string of the molecule is N#C/C(=C/NCc1ccncc1)C(=O)N1CCC(Cc2ccccc2)CC1. The molecular weight excluding hydrogens is 336 g/mol. The van der Waals surface area contributed by atoms with Crippen molar-refractivity contribution in [2.45, 2.75) is 25.8 Å². The third kappa shape index (κ3) is 5.42. The van der Waals surface area contributed by atoms with Gasteiger partial charge in [-0.2, -0.15) is 5.26 Å². The van der Waals surface area contributed by atoms with E-state index >= 15 is 0 Å². The van der Waals surface area contributed by atoms with Crippen LogP contribution in [-0.2, 0) is 17.8 Å². The second kappa shape index (κ2) is 9.54. The molecule has 1 aliphatic heterocycles. The highest BCUT2D eigenvalue weighted by molar-refractivity contribution is 5.97. The van der Waals surface area contributed by atoms with Gasteiger partial charge < -0.3 is 10.2 Å². The fourth-order valence-electron chi connectivity index (χ4n) is 3.37. The highest BCUT2D eigenvalue weighted by Crippen LogP contribution is 2.22. The number of likely N-dealkylation sites (tertiary alicyclic amines) is 1. The minimum absolute atomic E-state index is 0.158. The molecular formula is C22H24N4O. The molecule has 5 nitrogen and oxygen atoms in total. The summed E-state index contributed by atoms with van der Waals surface area (Å²) in [6, 6.07) is 16.3. The lowest BCUT2D eigenvalue weighted by atomic mass is 9.90. The number of carbonyl (C=O) groups is 1. The quantitative estimate of drug-likeness (QED) is 0.635. The van der Waals surface area contributed by atoms with Gasteiger partial charge in [-0.25, -0.2) is 0 Å². The largest absolute Gasteiger partial charge is 0.386 e. The summed E-state index contributed by atoms with van der Waals surface area (Å²) in [5.41, 5.74) is 2.55. The molecule has 1 aromatic carbocycles. The summed E-state index contributed by atoms with van der Waals surface area (Å²) in [7, 11) is 0. The third-order valence-corrected chi connectivity index (χ3v) is 4.92. The lowest BCUT2D eigenvalue weighted by Gasteiger charge is -2.32. The number of carbonyl (C=O) groups excluding carboxylic acids is 1. The second-order valence-corrected chi connectivity index (χ2v) is 6.83. The van der Waals surface area contributed by atoms with Gasteiger partial charge in [-0.15, -0.1) is 0 Å². The zero-order valence-electron chi connectivity index (χ0n) is 15.3. The van der Waals surface area contributed by atoms with Gasteiger partial charge in [0.15, 0.2) is 0 Å². The van der Waals surface area contributed by atoms with Crippen molar-refractivity contribution in [1.82, 2.24) is 15.2 Å². The van der Waals surface area contributed by atoms with Gasteiger partial charge in [0.05, 0.1) is 0 Å². The molecule has 1 saturated heterocycles. The molecule has 1 aliphatic rings. The number of nitrogens with zero attached hydrogens (tertiary/aromatic N) is 3. The maximum atomic E-state index is 12.6. The molecule has 1 aromatic heterocycles. The monoisotopic (exact) mass is 360 g/mol. The summed E-state index contributed by atoms with van der Waals surface area (Å²) in [5, 5.41) is 12.4. The summed E-state index contributed by atoms with van der Waals surface area (Å²) in [6.07, 6.45) is 7.97. The molecule has 1 amide bonds. The Kier molecular flexibility index (Phi) is 6.59. The molecule has 0 aliphatic carbocycles. The number of hydrogen-bond donors (Lipinski definition) is 1. The van der Waals surface area contributed by atoms with E-state index in [1.54, 1.807) is 17.3 Å². The van der Waals surface area contributed by atoms with Crippen LogP contribution in [0.1, 0.15) is 24.0 Å². The van der Waals surface area contributed by atoms with Crippen molar-refractivity contribution >= 4 is 5.91 Å². The van der Waals surface area contributed by atoms with Crippen LogP contribution in [0.25, 0.3) is 0 Å². The summed E-state index contributed by atoms with van der Waals surface area (Å²) in [6.45, 7) is 1.97. The number of amides is 1. The molecule has 0 radical (unpaired) electrons. The Hall–Kier alpha value is -3.13. The zero-order valence-corrected chi connectivity index (χ0v) is 15.3. The first-order valence-corrected chi connectivity index (χ1v) is 9.32. The molecule has 1 N–H and O–H groups in total. The van der Waals surface area contributed by atoms with E-state index in [1.807, 2.05) is 24.3 Å². The second-order valence-electron chi connectivity index (χ2n) is 6.83. The summed E-state index contributed by atoms with van der Waals surface area (Å²) < 4.78 is 0. The Bertz CT molecular complexity index is 803. The van der Waals surface area contributed by atoms with Crippen LogP contribution in [-0.4, -0.2) is 28.9 Å². The highest BCUT2D eigenvalue weighted by atomic mass is 16.2. The number of piperidine rings is 1. The lowest BCUT2D eigenvalue weighted by molar-refractivity contribution is -0.128. The number of rotatable bonds is 6. The van der Waals surface area contributed by atoms with Crippen LogP contribution in [0, 0.1) is 17.2 Å². The van der Waals surface area contributed by atoms with Crippen LogP contribution in [0.3, 0.4) is 0 Å². The number of nitriles is 1. The number of aromatic nitrogens is 1. The average Bonchev–Trinajstić information content (AvgIpc) is 2.73. The van der Waals surface area contributed by atoms with Crippen molar-refractivity contribution in [3.63, 3.8) is 0 Å². The standard InChI is InChI=1S/C22H24N4O/c23-15-21(17-25-16-20-6-10-24-11-7-20)22(27)26-12-8-19(9-13-26)14-18-4-2-1-3-5-18/h1-7,10-11,17,19,25H,8-9,12-14,16H2/b21-17-. The Morgan fingerprint density at radius 1 is 1.15 bits per heavy atom. The normalized spacial score (nSPS) is 15.2. The van der Waals surface area contributed by atoms with Crippen molar-refractivity contribution in [1.29, 1.82) is 5.26 Å². The molecule has 0 atom stereocenters. The molecule has 0 bridgehead atoms. The van der Waals surface area contributed by atoms with Crippen LogP contribution in [0.15, 0.2) is 66.6 Å². The molecule has 5 heteroatoms. The van der Waals surface area contributed by atoms with Gasteiger partial charge in [0.2, 0.25) is 0 Å². The van der Waals surface area contributed by atoms with Crippen molar-refractivity contribution in [3.8, 4) is 6.07 Å². The Morgan fingerprint density at radius 2 is 1.85 bits per heavy atom. The molecule has 138 valence electrons. The van der Waals surface area contributed by atoms with Crippen LogP contribution in [0.5, 0.6) is 0 Å². The maximum absolute atomic E-state index is 12.6. The van der Waals surface area contributed by atoms with E-state index in [4.69, 9.17) is 0 Å². The molecule has 0 unspecified atom stereocenters. The highest BCUT2D eigenvalue weighted by Gasteiger charge is 2.25. The van der Waals surface area contributed by atoms with Gasteiger partial charge in [-0.05, 0) is 48.4 Å². The van der Waals surface area contributed by atoms with Gasteiger partial charge in [-0.1, -0.05) is 30.3 Å². The minimum atomic E-state index is -0.183. The molecule has 27 heavy (non-hydrogen) atoms. The topological polar surface area (TPSA) is 69.0 Å². The lowest BCUT2D eigenvalue weighted by Crippen LogP contribution is -2.39. The predicted octanol–water partition coefficient (Wildman–Crippen LogP) is 3.06. The Morgan fingerprint density at radius 3 is 2.52 bits per heavy atom. The van der Waals surface area contributed by atoms with E-state index in [2.05, 4.69) is 34.6 Å². The first kappa shape index (κ1) is 18.7. The number of nitrogens with one attached hydrogen (secondary N) is 1. The smallest absolute Gasteiger partial charge is 0.265 e. The minimum Gasteiger partial charge on any atom is -0.386 e. The number of benzene rings is 1. The van der Waals surface area contributed by atoms with Crippen molar-refractivity contribution in [3.05, 3.63) is 77.8 Å². The fraction of sp³-hybridized carbons (Fsp3) is 0.318. The van der Waals surface area contributed by atoms with Crippen LogP contribution in [0.2, 0.25) is 0 Å². The van der Waals surface area contributed by atoms with Crippen LogP contribution >= 0.6 is 0 Å². The van der Waals surface area contributed by atoms with E-state index in [-0.39, 0.29) is 11.5 Å². The molecule has 0 saturated carbocycles. The van der Waals surface area contributed by atoms with E-state index in [1.165, 1.54) is 11.8 Å². The average molecular weight is 360 g/mol. The molecule has 3 rings (SSSR count). The Labute approximate surface area is 160 Å². The molecule has 2 heterocycles. The van der Waals surface area contributed by atoms with E-state index < -0.39 is 0 Å². The first-order valence-electron chi connectivity index (χ1n) is 9.32. The zero-order chi connectivity index (χ0) is 18.9. The summed E-state index contributed by atoms with van der Waals surface area (Å²) in [5.74, 6) is 0.411. The van der Waals surface area contributed by atoms with E-state index in [9.17, 15) is 10.1 Å². The maximum Gasteiger partial charge on any atom is 0.265 e.